The summed E-state index contributed by atoms with van der Waals surface area (Å²) in [4.78, 5) is 14.0. The molecule has 3 unspecified atom stereocenters. The largest absolute Gasteiger partial charge is 0.349 e. The van der Waals surface area contributed by atoms with E-state index in [4.69, 9.17) is 5.73 Å². The molecule has 0 saturated heterocycles. The zero-order valence-electron chi connectivity index (χ0n) is 11.9. The maximum Gasteiger partial charge on any atom is 0.225 e. The van der Waals surface area contributed by atoms with Gasteiger partial charge in [-0.3, -0.25) is 4.79 Å². The summed E-state index contributed by atoms with van der Waals surface area (Å²) in [6, 6.07) is 2.44. The Morgan fingerprint density at radius 1 is 1.20 bits per heavy atom. The standard InChI is InChI=1S/C16H24N2OS/c17-13-6-3-1-2-5-11(13)16(19)18-14-7-4-8-15-12(14)9-10-20-15/h9-11,13-14H,1-8,17H2,(H,18,19). The Morgan fingerprint density at radius 3 is 2.95 bits per heavy atom. The lowest BCUT2D eigenvalue weighted by Crippen LogP contribution is -2.43. The molecule has 3 nitrogen and oxygen atoms in total. The van der Waals surface area contributed by atoms with E-state index in [2.05, 4.69) is 16.8 Å². The second-order valence-electron chi connectivity index (χ2n) is 6.16. The van der Waals surface area contributed by atoms with E-state index in [9.17, 15) is 4.79 Å². The zero-order chi connectivity index (χ0) is 13.9. The highest BCUT2D eigenvalue weighted by Gasteiger charge is 2.30. The van der Waals surface area contributed by atoms with E-state index in [1.807, 2.05) is 11.3 Å². The number of nitrogens with two attached hydrogens (primary N) is 1. The average Bonchev–Trinajstić information content (AvgIpc) is 2.82. The van der Waals surface area contributed by atoms with Crippen molar-refractivity contribution < 1.29 is 4.79 Å². The molecule has 1 amide bonds. The fourth-order valence-electron chi connectivity index (χ4n) is 3.58. The second-order valence-corrected chi connectivity index (χ2v) is 7.16. The zero-order valence-corrected chi connectivity index (χ0v) is 12.8. The van der Waals surface area contributed by atoms with E-state index < -0.39 is 0 Å². The Bertz CT molecular complexity index is 471. The first-order valence-corrected chi connectivity index (χ1v) is 8.76. The molecule has 0 bridgehead atoms. The Morgan fingerprint density at radius 2 is 2.05 bits per heavy atom. The highest BCUT2D eigenvalue weighted by Crippen LogP contribution is 2.34. The Labute approximate surface area is 124 Å². The van der Waals surface area contributed by atoms with E-state index in [0.29, 0.717) is 0 Å². The molecule has 3 rings (SSSR count). The maximum atomic E-state index is 12.6. The van der Waals surface area contributed by atoms with Gasteiger partial charge in [0.15, 0.2) is 0 Å². The van der Waals surface area contributed by atoms with Crippen molar-refractivity contribution in [3.8, 4) is 0 Å². The van der Waals surface area contributed by atoms with Gasteiger partial charge in [-0.1, -0.05) is 19.3 Å². The Kier molecular flexibility index (Phi) is 4.41. The van der Waals surface area contributed by atoms with Crippen LogP contribution in [0.15, 0.2) is 11.4 Å². The fourth-order valence-corrected chi connectivity index (χ4v) is 4.56. The Balaban J connectivity index is 1.67. The highest BCUT2D eigenvalue weighted by atomic mass is 32.1. The highest BCUT2D eigenvalue weighted by molar-refractivity contribution is 7.10. The van der Waals surface area contributed by atoms with Gasteiger partial charge in [-0.25, -0.2) is 0 Å². The SMILES string of the molecule is NC1CCCCCC1C(=O)NC1CCCc2sccc21. The van der Waals surface area contributed by atoms with Crippen LogP contribution in [0.5, 0.6) is 0 Å². The predicted molar refractivity (Wildman–Crippen MR) is 82.7 cm³/mol. The molecule has 4 heteroatoms. The van der Waals surface area contributed by atoms with Crippen molar-refractivity contribution in [3.05, 3.63) is 21.9 Å². The molecule has 1 heterocycles. The van der Waals surface area contributed by atoms with Crippen LogP contribution in [0.2, 0.25) is 0 Å². The number of nitrogens with one attached hydrogen (secondary N) is 1. The summed E-state index contributed by atoms with van der Waals surface area (Å²) in [6.07, 6.45) is 8.89. The van der Waals surface area contributed by atoms with Crippen molar-refractivity contribution in [2.75, 3.05) is 0 Å². The number of rotatable bonds is 2. The van der Waals surface area contributed by atoms with Crippen LogP contribution in [-0.4, -0.2) is 11.9 Å². The Hall–Kier alpha value is -0.870. The number of carbonyl (C=O) groups excluding carboxylic acids is 1. The van der Waals surface area contributed by atoms with Crippen LogP contribution in [0.4, 0.5) is 0 Å². The normalized spacial score (nSPS) is 30.4. The monoisotopic (exact) mass is 292 g/mol. The van der Waals surface area contributed by atoms with Gasteiger partial charge in [0, 0.05) is 10.9 Å². The summed E-state index contributed by atoms with van der Waals surface area (Å²) in [5.41, 5.74) is 7.55. The molecule has 110 valence electrons. The summed E-state index contributed by atoms with van der Waals surface area (Å²) in [7, 11) is 0. The van der Waals surface area contributed by atoms with E-state index in [-0.39, 0.29) is 23.9 Å². The van der Waals surface area contributed by atoms with Gasteiger partial charge in [-0.05, 0) is 49.1 Å². The lowest BCUT2D eigenvalue weighted by Gasteiger charge is -2.27. The average molecular weight is 292 g/mol. The van der Waals surface area contributed by atoms with Crippen molar-refractivity contribution >= 4 is 17.2 Å². The van der Waals surface area contributed by atoms with Crippen molar-refractivity contribution in [2.24, 2.45) is 11.7 Å². The summed E-state index contributed by atoms with van der Waals surface area (Å²) in [5.74, 6) is 0.199. The molecule has 3 N–H and O–H groups in total. The molecule has 0 radical (unpaired) electrons. The minimum atomic E-state index is 0.0153. The molecule has 1 saturated carbocycles. The minimum absolute atomic E-state index is 0.0153. The summed E-state index contributed by atoms with van der Waals surface area (Å²) >= 11 is 1.82. The van der Waals surface area contributed by atoms with Crippen LogP contribution in [-0.2, 0) is 11.2 Å². The number of hydrogen-bond acceptors (Lipinski definition) is 3. The molecule has 0 aromatic carbocycles. The topological polar surface area (TPSA) is 55.1 Å². The van der Waals surface area contributed by atoms with Gasteiger partial charge < -0.3 is 11.1 Å². The van der Waals surface area contributed by atoms with Crippen LogP contribution < -0.4 is 11.1 Å². The smallest absolute Gasteiger partial charge is 0.225 e. The number of thiophene rings is 1. The van der Waals surface area contributed by atoms with Gasteiger partial charge >= 0.3 is 0 Å². The van der Waals surface area contributed by atoms with Crippen LogP contribution in [0.1, 0.15) is 61.4 Å². The van der Waals surface area contributed by atoms with Crippen LogP contribution in [0.3, 0.4) is 0 Å². The molecular formula is C16H24N2OS. The molecule has 2 aliphatic carbocycles. The fraction of sp³-hybridized carbons (Fsp3) is 0.688. The predicted octanol–water partition coefficient (Wildman–Crippen LogP) is 3.15. The number of aryl methyl sites for hydroxylation is 1. The second kappa shape index (κ2) is 6.27. The maximum absolute atomic E-state index is 12.6. The molecule has 20 heavy (non-hydrogen) atoms. The van der Waals surface area contributed by atoms with Crippen molar-refractivity contribution in [3.63, 3.8) is 0 Å². The van der Waals surface area contributed by atoms with Crippen LogP contribution >= 0.6 is 11.3 Å². The van der Waals surface area contributed by atoms with E-state index >= 15 is 0 Å². The molecule has 1 aromatic heterocycles. The van der Waals surface area contributed by atoms with Gasteiger partial charge in [0.05, 0.1) is 12.0 Å². The third-order valence-electron chi connectivity index (χ3n) is 4.77. The molecule has 1 fully saturated rings. The third kappa shape index (κ3) is 2.91. The van der Waals surface area contributed by atoms with E-state index in [1.54, 1.807) is 0 Å². The summed E-state index contributed by atoms with van der Waals surface area (Å²) < 4.78 is 0. The molecule has 3 atom stereocenters. The lowest BCUT2D eigenvalue weighted by atomic mass is 9.91. The number of hydrogen-bond donors (Lipinski definition) is 2. The van der Waals surface area contributed by atoms with Gasteiger partial charge in [-0.2, -0.15) is 0 Å². The molecular weight excluding hydrogens is 268 g/mol. The van der Waals surface area contributed by atoms with Crippen LogP contribution in [0, 0.1) is 5.92 Å². The van der Waals surface area contributed by atoms with E-state index in [1.165, 1.54) is 36.1 Å². The lowest BCUT2D eigenvalue weighted by molar-refractivity contribution is -0.126. The van der Waals surface area contributed by atoms with Crippen molar-refractivity contribution in [2.45, 2.75) is 63.5 Å². The van der Waals surface area contributed by atoms with Crippen molar-refractivity contribution in [1.82, 2.24) is 5.32 Å². The summed E-state index contributed by atoms with van der Waals surface area (Å²) in [5, 5.41) is 5.42. The molecule has 2 aliphatic rings. The quantitative estimate of drug-likeness (QED) is 0.823. The third-order valence-corrected chi connectivity index (χ3v) is 5.77. The summed E-state index contributed by atoms with van der Waals surface area (Å²) in [6.45, 7) is 0. The number of carbonyl (C=O) groups is 1. The number of fused-ring (bicyclic) bond motifs is 1. The molecule has 0 spiro atoms. The number of amides is 1. The molecule has 1 aromatic rings. The molecule has 0 aliphatic heterocycles. The van der Waals surface area contributed by atoms with Crippen LogP contribution in [0.25, 0.3) is 0 Å². The van der Waals surface area contributed by atoms with Gasteiger partial charge in [-0.15, -0.1) is 11.3 Å². The first-order chi connectivity index (χ1) is 9.75. The van der Waals surface area contributed by atoms with Crippen molar-refractivity contribution in [1.29, 1.82) is 0 Å². The minimum Gasteiger partial charge on any atom is -0.349 e. The van der Waals surface area contributed by atoms with Gasteiger partial charge in [0.2, 0.25) is 5.91 Å². The van der Waals surface area contributed by atoms with Gasteiger partial charge in [0.1, 0.15) is 0 Å². The van der Waals surface area contributed by atoms with E-state index in [0.717, 1.165) is 25.7 Å². The first-order valence-electron chi connectivity index (χ1n) is 7.88. The van der Waals surface area contributed by atoms with Gasteiger partial charge in [0.25, 0.3) is 0 Å². The first kappa shape index (κ1) is 14.1.